The zero-order valence-corrected chi connectivity index (χ0v) is 9.67. The average molecular weight is 240 g/mol. The Morgan fingerprint density at radius 2 is 2.53 bits per heavy atom. The number of methoxy groups -OCH3 is 1. The molecule has 0 radical (unpaired) electrons. The highest BCUT2D eigenvalue weighted by molar-refractivity contribution is 5.90. The highest BCUT2D eigenvalue weighted by Gasteiger charge is 2.32. The van der Waals surface area contributed by atoms with Crippen molar-refractivity contribution in [2.45, 2.75) is 25.0 Å². The lowest BCUT2D eigenvalue weighted by Crippen LogP contribution is -2.51. The van der Waals surface area contributed by atoms with E-state index in [1.165, 1.54) is 0 Å². The molecule has 0 bridgehead atoms. The molecule has 2 heterocycles. The molecule has 1 amide bonds. The van der Waals surface area contributed by atoms with Gasteiger partial charge in [-0.25, -0.2) is 0 Å². The molecule has 17 heavy (non-hydrogen) atoms. The van der Waals surface area contributed by atoms with Crippen LogP contribution in [0, 0.1) is 0 Å². The van der Waals surface area contributed by atoms with Crippen LogP contribution in [0.5, 0.6) is 0 Å². The number of aromatic nitrogens is 4. The van der Waals surface area contributed by atoms with E-state index < -0.39 is 0 Å². The molecule has 2 atom stereocenters. The van der Waals surface area contributed by atoms with E-state index in [-0.39, 0.29) is 23.9 Å². The Bertz CT molecular complexity index is 368. The molecule has 1 aromatic rings. The number of nitrogens with two attached hydrogens (primary N) is 1. The normalized spacial score (nSPS) is 24.9. The van der Waals surface area contributed by atoms with Crippen molar-refractivity contribution in [2.75, 3.05) is 20.2 Å². The van der Waals surface area contributed by atoms with E-state index >= 15 is 0 Å². The van der Waals surface area contributed by atoms with Crippen molar-refractivity contribution in [3.8, 4) is 0 Å². The van der Waals surface area contributed by atoms with E-state index in [0.29, 0.717) is 13.1 Å². The number of hydrogen-bond donors (Lipinski definition) is 2. The van der Waals surface area contributed by atoms with Crippen molar-refractivity contribution in [2.24, 2.45) is 5.73 Å². The van der Waals surface area contributed by atoms with Crippen LogP contribution >= 0.6 is 0 Å². The molecule has 1 aliphatic rings. The maximum atomic E-state index is 12.1. The summed E-state index contributed by atoms with van der Waals surface area (Å²) < 4.78 is 5.30. The monoisotopic (exact) mass is 240 g/mol. The summed E-state index contributed by atoms with van der Waals surface area (Å²) in [6.45, 7) is 1.01. The largest absolute Gasteiger partial charge is 0.381 e. The van der Waals surface area contributed by atoms with Gasteiger partial charge < -0.3 is 15.4 Å². The highest BCUT2D eigenvalue weighted by Crippen LogP contribution is 2.20. The summed E-state index contributed by atoms with van der Waals surface area (Å²) in [5.41, 5.74) is 5.69. The first-order chi connectivity index (χ1) is 8.26. The van der Waals surface area contributed by atoms with Gasteiger partial charge in [0.2, 0.25) is 0 Å². The van der Waals surface area contributed by atoms with E-state index in [1.54, 1.807) is 12.0 Å². The summed E-state index contributed by atoms with van der Waals surface area (Å²) in [6, 6.07) is -0.0281. The molecule has 8 nitrogen and oxygen atoms in total. The van der Waals surface area contributed by atoms with Gasteiger partial charge in [-0.05, 0) is 18.1 Å². The van der Waals surface area contributed by atoms with Gasteiger partial charge in [-0.15, -0.1) is 10.2 Å². The number of nitrogens with zero attached hydrogens (tertiary/aromatic N) is 4. The maximum absolute atomic E-state index is 12.1. The van der Waals surface area contributed by atoms with Crippen LogP contribution < -0.4 is 5.73 Å². The van der Waals surface area contributed by atoms with Gasteiger partial charge in [0, 0.05) is 26.2 Å². The van der Waals surface area contributed by atoms with Gasteiger partial charge in [0.15, 0.2) is 0 Å². The number of nitrogens with one attached hydrogen (secondary N) is 1. The second kappa shape index (κ2) is 5.19. The summed E-state index contributed by atoms with van der Waals surface area (Å²) >= 11 is 0. The molecule has 0 spiro atoms. The van der Waals surface area contributed by atoms with Gasteiger partial charge in [-0.3, -0.25) is 4.79 Å². The predicted octanol–water partition coefficient (Wildman–Crippen LogP) is -1.22. The predicted molar refractivity (Wildman–Crippen MR) is 58.1 cm³/mol. The van der Waals surface area contributed by atoms with Crippen molar-refractivity contribution in [3.05, 3.63) is 5.82 Å². The third kappa shape index (κ3) is 2.42. The fourth-order valence-corrected chi connectivity index (χ4v) is 2.10. The molecule has 2 unspecified atom stereocenters. The fraction of sp³-hybridized carbons (Fsp3) is 0.778. The van der Waals surface area contributed by atoms with Gasteiger partial charge in [0.1, 0.15) is 0 Å². The van der Waals surface area contributed by atoms with Crippen LogP contribution in [0.3, 0.4) is 0 Å². The number of piperidine rings is 1. The third-order valence-electron chi connectivity index (χ3n) is 3.07. The van der Waals surface area contributed by atoms with Crippen LogP contribution in [0.2, 0.25) is 0 Å². The quantitative estimate of drug-likeness (QED) is 0.685. The smallest absolute Gasteiger partial charge is 0.295 e. The summed E-state index contributed by atoms with van der Waals surface area (Å²) in [5, 5.41) is 13.0. The first-order valence-corrected chi connectivity index (χ1v) is 5.53. The van der Waals surface area contributed by atoms with Crippen molar-refractivity contribution in [1.29, 1.82) is 0 Å². The average Bonchev–Trinajstić information content (AvgIpc) is 2.91. The molecule has 1 saturated heterocycles. The number of H-pyrrole nitrogens is 1. The Morgan fingerprint density at radius 3 is 3.12 bits per heavy atom. The minimum absolute atomic E-state index is 0.0281. The van der Waals surface area contributed by atoms with E-state index in [4.69, 9.17) is 10.5 Å². The van der Waals surface area contributed by atoms with Gasteiger partial charge in [-0.1, -0.05) is 0 Å². The molecular weight excluding hydrogens is 224 g/mol. The van der Waals surface area contributed by atoms with Gasteiger partial charge in [0.25, 0.3) is 11.7 Å². The lowest BCUT2D eigenvalue weighted by Gasteiger charge is -2.37. The lowest BCUT2D eigenvalue weighted by atomic mass is 9.99. The second-order valence-corrected chi connectivity index (χ2v) is 4.01. The number of carbonyl (C=O) groups excluding carboxylic acids is 1. The Labute approximate surface area is 98.5 Å². The molecular formula is C9H16N6O2. The van der Waals surface area contributed by atoms with Crippen LogP contribution in [0.4, 0.5) is 0 Å². The number of ether oxygens (including phenoxy) is 1. The number of tetrazole rings is 1. The summed E-state index contributed by atoms with van der Waals surface area (Å²) in [6.07, 6.45) is 1.71. The molecule has 2 rings (SSSR count). The number of amides is 1. The molecule has 3 N–H and O–H groups in total. The standard InChI is InChI=1S/C9H16N6O2/c1-17-7-2-3-15(6(4-7)5-10)9(16)8-11-13-14-12-8/h6-7H,2-5,10H2,1H3,(H,11,12,13,14). The topological polar surface area (TPSA) is 110 Å². The molecule has 0 aliphatic carbocycles. The van der Waals surface area contributed by atoms with Crippen LogP contribution in [0.15, 0.2) is 0 Å². The van der Waals surface area contributed by atoms with Crippen LogP contribution in [0.25, 0.3) is 0 Å². The van der Waals surface area contributed by atoms with Gasteiger partial charge >= 0.3 is 0 Å². The molecule has 1 fully saturated rings. The minimum Gasteiger partial charge on any atom is -0.381 e. The number of aromatic amines is 1. The van der Waals surface area contributed by atoms with Crippen molar-refractivity contribution in [1.82, 2.24) is 25.5 Å². The zero-order valence-electron chi connectivity index (χ0n) is 9.67. The van der Waals surface area contributed by atoms with Gasteiger partial charge in [0.05, 0.1) is 6.10 Å². The van der Waals surface area contributed by atoms with E-state index in [2.05, 4.69) is 20.6 Å². The van der Waals surface area contributed by atoms with Crippen LogP contribution in [-0.2, 0) is 4.74 Å². The summed E-state index contributed by atoms with van der Waals surface area (Å²) in [5.74, 6) is -0.150. The fourth-order valence-electron chi connectivity index (χ4n) is 2.10. The Kier molecular flexibility index (Phi) is 3.64. The molecule has 1 aliphatic heterocycles. The van der Waals surface area contributed by atoms with Crippen LogP contribution in [0.1, 0.15) is 23.5 Å². The SMILES string of the molecule is COC1CCN(C(=O)c2nn[nH]n2)C(CN)C1. The first-order valence-electron chi connectivity index (χ1n) is 5.53. The Balaban J connectivity index is 2.07. The van der Waals surface area contributed by atoms with E-state index in [1.807, 2.05) is 0 Å². The summed E-state index contributed by atoms with van der Waals surface area (Å²) in [7, 11) is 1.68. The molecule has 0 aromatic carbocycles. The number of rotatable bonds is 3. The summed E-state index contributed by atoms with van der Waals surface area (Å²) in [4.78, 5) is 13.8. The molecule has 8 heteroatoms. The Hall–Kier alpha value is -1.54. The van der Waals surface area contributed by atoms with E-state index in [0.717, 1.165) is 12.8 Å². The maximum Gasteiger partial charge on any atom is 0.295 e. The highest BCUT2D eigenvalue weighted by atomic mass is 16.5. The van der Waals surface area contributed by atoms with Crippen molar-refractivity contribution >= 4 is 5.91 Å². The Morgan fingerprint density at radius 1 is 1.71 bits per heavy atom. The first kappa shape index (κ1) is 11.9. The van der Waals surface area contributed by atoms with Crippen LogP contribution in [-0.4, -0.2) is 63.8 Å². The molecule has 1 aromatic heterocycles. The minimum atomic E-state index is -0.233. The van der Waals surface area contributed by atoms with Crippen molar-refractivity contribution < 1.29 is 9.53 Å². The lowest BCUT2D eigenvalue weighted by molar-refractivity contribution is 0.0133. The molecule has 94 valence electrons. The van der Waals surface area contributed by atoms with E-state index in [9.17, 15) is 4.79 Å². The zero-order chi connectivity index (χ0) is 12.3. The van der Waals surface area contributed by atoms with Crippen molar-refractivity contribution in [3.63, 3.8) is 0 Å². The number of likely N-dealkylation sites (tertiary alicyclic amines) is 1. The third-order valence-corrected chi connectivity index (χ3v) is 3.07. The number of hydrogen-bond acceptors (Lipinski definition) is 6. The number of carbonyl (C=O) groups is 1. The van der Waals surface area contributed by atoms with Gasteiger partial charge in [-0.2, -0.15) is 5.21 Å². The molecule has 0 saturated carbocycles. The second-order valence-electron chi connectivity index (χ2n) is 4.01.